The number of hydrogen-bond acceptors (Lipinski definition) is 3. The molecule has 2 heterocycles. The largest absolute Gasteiger partial charge is 0.356 e. The lowest BCUT2D eigenvalue weighted by atomic mass is 9.97. The highest BCUT2D eigenvalue weighted by atomic mass is 16.1. The quantitative estimate of drug-likeness (QED) is 0.735. The van der Waals surface area contributed by atoms with Gasteiger partial charge >= 0.3 is 0 Å². The summed E-state index contributed by atoms with van der Waals surface area (Å²) in [6.45, 7) is 7.04. The lowest BCUT2D eigenvalue weighted by Crippen LogP contribution is -2.50. The lowest BCUT2D eigenvalue weighted by Gasteiger charge is -2.39. The van der Waals surface area contributed by atoms with E-state index in [9.17, 15) is 4.79 Å². The van der Waals surface area contributed by atoms with Crippen molar-refractivity contribution < 1.29 is 4.79 Å². The molecule has 2 atom stereocenters. The van der Waals surface area contributed by atoms with Gasteiger partial charge in [0.15, 0.2) is 0 Å². The van der Waals surface area contributed by atoms with Crippen molar-refractivity contribution in [2.24, 2.45) is 0 Å². The van der Waals surface area contributed by atoms with Gasteiger partial charge in [-0.1, -0.05) is 6.92 Å². The second-order valence-electron chi connectivity index (χ2n) is 5.95. The Morgan fingerprint density at radius 1 is 1.21 bits per heavy atom. The smallest absolute Gasteiger partial charge is 0.221 e. The summed E-state index contributed by atoms with van der Waals surface area (Å²) in [4.78, 5) is 14.2. The number of hydrogen-bond donors (Lipinski definition) is 2. The van der Waals surface area contributed by atoms with Crippen LogP contribution in [-0.4, -0.2) is 48.6 Å². The van der Waals surface area contributed by atoms with Crippen LogP contribution in [0.5, 0.6) is 0 Å². The van der Waals surface area contributed by atoms with Crippen LogP contribution in [0.1, 0.15) is 52.4 Å². The van der Waals surface area contributed by atoms with Gasteiger partial charge in [0.05, 0.1) is 0 Å². The van der Waals surface area contributed by atoms with Crippen LogP contribution in [0, 0.1) is 0 Å². The number of carbonyl (C=O) groups is 1. The van der Waals surface area contributed by atoms with E-state index in [-0.39, 0.29) is 5.91 Å². The average molecular weight is 267 g/mol. The topological polar surface area (TPSA) is 44.4 Å². The van der Waals surface area contributed by atoms with Gasteiger partial charge in [0.2, 0.25) is 5.91 Å². The molecule has 0 aromatic carbocycles. The highest BCUT2D eigenvalue weighted by Crippen LogP contribution is 2.35. The highest BCUT2D eigenvalue weighted by Gasteiger charge is 2.40. The van der Waals surface area contributed by atoms with E-state index >= 15 is 0 Å². The van der Waals surface area contributed by atoms with E-state index in [1.807, 2.05) is 6.92 Å². The maximum absolute atomic E-state index is 11.6. The van der Waals surface area contributed by atoms with E-state index in [1.165, 1.54) is 32.1 Å². The summed E-state index contributed by atoms with van der Waals surface area (Å²) in [5.74, 6) is 0.202. The lowest BCUT2D eigenvalue weighted by molar-refractivity contribution is -0.121. The fraction of sp³-hybridized carbons (Fsp3) is 0.933. The van der Waals surface area contributed by atoms with Crippen molar-refractivity contribution >= 4 is 5.91 Å². The molecule has 4 nitrogen and oxygen atoms in total. The molecule has 2 aliphatic heterocycles. The van der Waals surface area contributed by atoms with E-state index in [0.29, 0.717) is 24.5 Å². The van der Waals surface area contributed by atoms with Gasteiger partial charge in [-0.25, -0.2) is 0 Å². The molecule has 2 saturated heterocycles. The van der Waals surface area contributed by atoms with E-state index in [1.54, 1.807) is 0 Å². The van der Waals surface area contributed by atoms with Crippen molar-refractivity contribution in [3.05, 3.63) is 0 Å². The molecule has 2 fully saturated rings. The number of amides is 1. The van der Waals surface area contributed by atoms with Crippen molar-refractivity contribution in [1.29, 1.82) is 0 Å². The van der Waals surface area contributed by atoms with E-state index in [2.05, 4.69) is 22.5 Å². The standard InChI is InChI=1S/C15H29N3O/c1-3-8-17-12-10-13-5-6-14(11-12)18(13)9-7-15(19)16-4-2/h12-14,17H,3-11H2,1-2H3,(H,16,19). The number of carbonyl (C=O) groups excluding carboxylic acids is 1. The Hall–Kier alpha value is -0.610. The molecule has 0 spiro atoms. The van der Waals surface area contributed by atoms with Gasteiger partial charge < -0.3 is 10.6 Å². The second kappa shape index (κ2) is 7.25. The number of nitrogens with one attached hydrogen (secondary N) is 2. The Kier molecular flexibility index (Phi) is 5.64. The average Bonchev–Trinajstić information content (AvgIpc) is 2.64. The van der Waals surface area contributed by atoms with Gasteiger partial charge in [0.1, 0.15) is 0 Å². The fourth-order valence-electron chi connectivity index (χ4n) is 3.67. The van der Waals surface area contributed by atoms with Crippen LogP contribution in [0.25, 0.3) is 0 Å². The summed E-state index contributed by atoms with van der Waals surface area (Å²) in [6.07, 6.45) is 7.06. The first kappa shape index (κ1) is 14.8. The SMILES string of the molecule is CCCNC1CC2CCC(C1)N2CCC(=O)NCC. The van der Waals surface area contributed by atoms with Crippen LogP contribution in [0.2, 0.25) is 0 Å². The molecule has 0 aliphatic carbocycles. The molecular weight excluding hydrogens is 238 g/mol. The maximum atomic E-state index is 11.6. The summed E-state index contributed by atoms with van der Waals surface area (Å²) >= 11 is 0. The summed E-state index contributed by atoms with van der Waals surface area (Å²) in [6, 6.07) is 2.13. The minimum atomic E-state index is 0.202. The maximum Gasteiger partial charge on any atom is 0.221 e. The first-order valence-electron chi connectivity index (χ1n) is 8.00. The van der Waals surface area contributed by atoms with Crippen molar-refractivity contribution in [3.8, 4) is 0 Å². The Balaban J connectivity index is 1.77. The minimum absolute atomic E-state index is 0.202. The van der Waals surface area contributed by atoms with Gasteiger partial charge in [0.25, 0.3) is 0 Å². The van der Waals surface area contributed by atoms with Crippen molar-refractivity contribution in [3.63, 3.8) is 0 Å². The molecule has 2 aliphatic rings. The molecule has 0 radical (unpaired) electrons. The predicted octanol–water partition coefficient (Wildman–Crippen LogP) is 1.51. The van der Waals surface area contributed by atoms with E-state index in [0.717, 1.165) is 19.6 Å². The predicted molar refractivity (Wildman–Crippen MR) is 78.1 cm³/mol. The first-order chi connectivity index (χ1) is 9.24. The molecule has 1 amide bonds. The van der Waals surface area contributed by atoms with Gasteiger partial charge in [0, 0.05) is 37.6 Å². The summed E-state index contributed by atoms with van der Waals surface area (Å²) in [5.41, 5.74) is 0. The molecule has 4 heteroatoms. The van der Waals surface area contributed by atoms with Crippen LogP contribution in [-0.2, 0) is 4.79 Å². The van der Waals surface area contributed by atoms with Gasteiger partial charge in [-0.15, -0.1) is 0 Å². The summed E-state index contributed by atoms with van der Waals surface area (Å²) in [5, 5.41) is 6.57. The van der Waals surface area contributed by atoms with Crippen LogP contribution in [0.3, 0.4) is 0 Å². The molecule has 110 valence electrons. The zero-order valence-electron chi connectivity index (χ0n) is 12.5. The third kappa shape index (κ3) is 3.93. The molecule has 0 saturated carbocycles. The Morgan fingerprint density at radius 2 is 1.89 bits per heavy atom. The van der Waals surface area contributed by atoms with Crippen LogP contribution in [0.15, 0.2) is 0 Å². The monoisotopic (exact) mass is 267 g/mol. The third-order valence-electron chi connectivity index (χ3n) is 4.54. The van der Waals surface area contributed by atoms with Gasteiger partial charge in [-0.05, 0) is 45.6 Å². The molecule has 0 aromatic heterocycles. The van der Waals surface area contributed by atoms with Gasteiger partial charge in [-0.2, -0.15) is 0 Å². The summed E-state index contributed by atoms with van der Waals surface area (Å²) in [7, 11) is 0. The zero-order valence-corrected chi connectivity index (χ0v) is 12.5. The van der Waals surface area contributed by atoms with Crippen LogP contribution >= 0.6 is 0 Å². The zero-order chi connectivity index (χ0) is 13.7. The number of rotatable bonds is 7. The minimum Gasteiger partial charge on any atom is -0.356 e. The molecule has 2 unspecified atom stereocenters. The Bertz CT molecular complexity index is 281. The molecule has 2 rings (SSSR count). The van der Waals surface area contributed by atoms with E-state index in [4.69, 9.17) is 0 Å². The molecule has 2 bridgehead atoms. The number of piperidine rings is 1. The number of nitrogens with zero attached hydrogens (tertiary/aromatic N) is 1. The highest BCUT2D eigenvalue weighted by molar-refractivity contribution is 5.75. The van der Waals surface area contributed by atoms with Gasteiger partial charge in [-0.3, -0.25) is 9.69 Å². The van der Waals surface area contributed by atoms with Crippen molar-refractivity contribution in [2.45, 2.75) is 70.5 Å². The molecule has 19 heavy (non-hydrogen) atoms. The fourth-order valence-corrected chi connectivity index (χ4v) is 3.67. The first-order valence-corrected chi connectivity index (χ1v) is 8.00. The molecule has 0 aromatic rings. The third-order valence-corrected chi connectivity index (χ3v) is 4.54. The normalized spacial score (nSPS) is 30.5. The number of fused-ring (bicyclic) bond motifs is 2. The second-order valence-corrected chi connectivity index (χ2v) is 5.95. The van der Waals surface area contributed by atoms with Crippen LogP contribution in [0.4, 0.5) is 0 Å². The molecule has 2 N–H and O–H groups in total. The van der Waals surface area contributed by atoms with Crippen molar-refractivity contribution in [1.82, 2.24) is 15.5 Å². The summed E-state index contributed by atoms with van der Waals surface area (Å²) < 4.78 is 0. The molecular formula is C15H29N3O. The Labute approximate surface area is 117 Å². The Morgan fingerprint density at radius 3 is 2.47 bits per heavy atom. The van der Waals surface area contributed by atoms with E-state index < -0.39 is 0 Å². The van der Waals surface area contributed by atoms with Crippen LogP contribution < -0.4 is 10.6 Å². The van der Waals surface area contributed by atoms with Crippen molar-refractivity contribution in [2.75, 3.05) is 19.6 Å².